The lowest BCUT2D eigenvalue weighted by molar-refractivity contribution is -0.119. The smallest absolute Gasteiger partial charge is 0.358 e. The Morgan fingerprint density at radius 1 is 1.29 bits per heavy atom. The SMILES string of the molecule is O=C1CCC(c2ccc(OS(=O)(=O)F)cc2)N1. The molecule has 0 aliphatic carbocycles. The fourth-order valence-electron chi connectivity index (χ4n) is 1.73. The fraction of sp³-hybridized carbons (Fsp3) is 0.300. The molecule has 1 heterocycles. The van der Waals surface area contributed by atoms with Crippen LogP contribution in [-0.2, 0) is 15.3 Å². The molecule has 0 spiro atoms. The van der Waals surface area contributed by atoms with Crippen LogP contribution in [0.2, 0.25) is 0 Å². The minimum absolute atomic E-state index is 0.0123. The predicted octanol–water partition coefficient (Wildman–Crippen LogP) is 1.23. The Hall–Kier alpha value is -1.63. The molecule has 0 radical (unpaired) electrons. The molecule has 92 valence electrons. The van der Waals surface area contributed by atoms with Crippen LogP contribution in [0.4, 0.5) is 3.89 Å². The maximum atomic E-state index is 12.2. The Kier molecular flexibility index (Phi) is 3.01. The average molecular weight is 259 g/mol. The molecule has 0 bridgehead atoms. The maximum Gasteiger partial charge on any atom is 0.488 e. The van der Waals surface area contributed by atoms with Crippen molar-refractivity contribution in [3.8, 4) is 5.75 Å². The van der Waals surface area contributed by atoms with E-state index in [4.69, 9.17) is 0 Å². The number of hydrogen-bond donors (Lipinski definition) is 1. The van der Waals surface area contributed by atoms with E-state index in [9.17, 15) is 17.1 Å². The van der Waals surface area contributed by atoms with Crippen LogP contribution in [0.1, 0.15) is 24.4 Å². The van der Waals surface area contributed by atoms with E-state index in [0.29, 0.717) is 12.8 Å². The standard InChI is InChI=1S/C10H10FNO4S/c11-17(14,15)16-8-3-1-7(2-4-8)9-5-6-10(13)12-9/h1-4,9H,5-6H2,(H,12,13). The van der Waals surface area contributed by atoms with Gasteiger partial charge in [-0.3, -0.25) is 4.79 Å². The van der Waals surface area contributed by atoms with Crippen molar-refractivity contribution in [3.05, 3.63) is 29.8 Å². The van der Waals surface area contributed by atoms with Crippen molar-refractivity contribution in [2.24, 2.45) is 0 Å². The Morgan fingerprint density at radius 3 is 2.41 bits per heavy atom. The molecule has 2 rings (SSSR count). The van der Waals surface area contributed by atoms with Gasteiger partial charge in [0.1, 0.15) is 5.75 Å². The van der Waals surface area contributed by atoms with E-state index in [1.54, 1.807) is 12.1 Å². The molecule has 0 saturated carbocycles. The molecular weight excluding hydrogens is 249 g/mol. The zero-order valence-corrected chi connectivity index (χ0v) is 9.54. The molecule has 1 fully saturated rings. The summed E-state index contributed by atoms with van der Waals surface area (Å²) in [5.41, 5.74) is 0.833. The first-order valence-electron chi connectivity index (χ1n) is 4.97. The highest BCUT2D eigenvalue weighted by Crippen LogP contribution is 2.25. The van der Waals surface area contributed by atoms with E-state index >= 15 is 0 Å². The first kappa shape index (κ1) is 11.8. The molecule has 17 heavy (non-hydrogen) atoms. The lowest BCUT2D eigenvalue weighted by Crippen LogP contribution is -2.18. The van der Waals surface area contributed by atoms with Crippen molar-refractivity contribution in [3.63, 3.8) is 0 Å². The zero-order chi connectivity index (χ0) is 12.5. The van der Waals surface area contributed by atoms with Gasteiger partial charge in [0, 0.05) is 6.42 Å². The van der Waals surface area contributed by atoms with Crippen LogP contribution in [0.3, 0.4) is 0 Å². The van der Waals surface area contributed by atoms with Crippen LogP contribution >= 0.6 is 0 Å². The van der Waals surface area contributed by atoms with Gasteiger partial charge in [-0.05, 0) is 24.1 Å². The van der Waals surface area contributed by atoms with Gasteiger partial charge >= 0.3 is 10.5 Å². The average Bonchev–Trinajstić information content (AvgIpc) is 2.63. The van der Waals surface area contributed by atoms with E-state index in [0.717, 1.165) is 5.56 Å². The van der Waals surface area contributed by atoms with E-state index < -0.39 is 10.5 Å². The van der Waals surface area contributed by atoms with Crippen molar-refractivity contribution < 1.29 is 21.3 Å². The second-order valence-corrected chi connectivity index (χ2v) is 4.66. The van der Waals surface area contributed by atoms with E-state index in [1.165, 1.54) is 12.1 Å². The molecule has 1 aromatic carbocycles. The minimum Gasteiger partial charge on any atom is -0.358 e. The summed E-state index contributed by atoms with van der Waals surface area (Å²) in [6, 6.07) is 5.81. The van der Waals surface area contributed by atoms with Crippen LogP contribution in [0.5, 0.6) is 5.75 Å². The van der Waals surface area contributed by atoms with Gasteiger partial charge in [-0.25, -0.2) is 0 Å². The third-order valence-corrected chi connectivity index (χ3v) is 2.87. The topological polar surface area (TPSA) is 72.5 Å². The van der Waals surface area contributed by atoms with Gasteiger partial charge in [0.2, 0.25) is 5.91 Å². The highest BCUT2D eigenvalue weighted by molar-refractivity contribution is 7.81. The summed E-state index contributed by atoms with van der Waals surface area (Å²) in [4.78, 5) is 11.0. The fourth-order valence-corrected chi connectivity index (χ4v) is 2.08. The Morgan fingerprint density at radius 2 is 1.94 bits per heavy atom. The largest absolute Gasteiger partial charge is 0.488 e. The maximum absolute atomic E-state index is 12.2. The molecular formula is C10H10FNO4S. The Bertz CT molecular complexity index is 526. The first-order valence-corrected chi connectivity index (χ1v) is 6.28. The van der Waals surface area contributed by atoms with E-state index in [-0.39, 0.29) is 17.7 Å². The number of carbonyl (C=O) groups is 1. The Labute approximate surface area is 98.0 Å². The van der Waals surface area contributed by atoms with Gasteiger partial charge in [-0.15, -0.1) is 0 Å². The van der Waals surface area contributed by atoms with Gasteiger partial charge in [-0.1, -0.05) is 16.0 Å². The molecule has 0 aromatic heterocycles. The van der Waals surface area contributed by atoms with Gasteiger partial charge < -0.3 is 9.50 Å². The summed E-state index contributed by atoms with van der Waals surface area (Å²) >= 11 is 0. The monoisotopic (exact) mass is 259 g/mol. The molecule has 1 aliphatic rings. The molecule has 1 amide bonds. The summed E-state index contributed by atoms with van der Waals surface area (Å²) in [5.74, 6) is -0.109. The van der Waals surface area contributed by atoms with Gasteiger partial charge in [-0.2, -0.15) is 8.42 Å². The van der Waals surface area contributed by atoms with Crippen LogP contribution in [0.15, 0.2) is 24.3 Å². The first-order chi connectivity index (χ1) is 7.94. The number of nitrogens with one attached hydrogen (secondary N) is 1. The molecule has 1 aromatic rings. The minimum atomic E-state index is -4.99. The van der Waals surface area contributed by atoms with Crippen LogP contribution < -0.4 is 9.50 Å². The number of benzene rings is 1. The third kappa shape index (κ3) is 3.16. The van der Waals surface area contributed by atoms with Crippen LogP contribution in [-0.4, -0.2) is 14.3 Å². The van der Waals surface area contributed by atoms with Crippen LogP contribution in [0, 0.1) is 0 Å². The van der Waals surface area contributed by atoms with Crippen molar-refractivity contribution in [1.29, 1.82) is 0 Å². The highest BCUT2D eigenvalue weighted by Gasteiger charge is 2.22. The number of rotatable bonds is 3. The van der Waals surface area contributed by atoms with Gasteiger partial charge in [0.05, 0.1) is 6.04 Å². The van der Waals surface area contributed by atoms with Crippen molar-refractivity contribution in [2.75, 3.05) is 0 Å². The van der Waals surface area contributed by atoms with Crippen molar-refractivity contribution in [2.45, 2.75) is 18.9 Å². The summed E-state index contributed by atoms with van der Waals surface area (Å²) in [7, 11) is -4.99. The molecule has 5 nitrogen and oxygen atoms in total. The molecule has 7 heteroatoms. The second kappa shape index (κ2) is 4.33. The summed E-state index contributed by atoms with van der Waals surface area (Å²) in [6.45, 7) is 0. The van der Waals surface area contributed by atoms with Crippen molar-refractivity contribution >= 4 is 16.4 Å². The van der Waals surface area contributed by atoms with Crippen LogP contribution in [0.25, 0.3) is 0 Å². The molecule has 1 atom stereocenters. The Balaban J connectivity index is 2.10. The number of amides is 1. The third-order valence-electron chi connectivity index (χ3n) is 2.47. The summed E-state index contributed by atoms with van der Waals surface area (Å²) < 4.78 is 36.8. The van der Waals surface area contributed by atoms with Gasteiger partial charge in [0.15, 0.2) is 0 Å². The van der Waals surface area contributed by atoms with Crippen molar-refractivity contribution in [1.82, 2.24) is 5.32 Å². The number of hydrogen-bond acceptors (Lipinski definition) is 4. The molecule has 1 unspecified atom stereocenters. The zero-order valence-electron chi connectivity index (χ0n) is 8.72. The lowest BCUT2D eigenvalue weighted by atomic mass is 10.1. The van der Waals surface area contributed by atoms with E-state index in [1.807, 2.05) is 0 Å². The molecule has 1 saturated heterocycles. The van der Waals surface area contributed by atoms with Gasteiger partial charge in [0.25, 0.3) is 0 Å². The molecule has 1 aliphatic heterocycles. The predicted molar refractivity (Wildman–Crippen MR) is 57.2 cm³/mol. The quantitative estimate of drug-likeness (QED) is 0.829. The lowest BCUT2D eigenvalue weighted by Gasteiger charge is -2.10. The molecule has 1 N–H and O–H groups in total. The number of halogens is 1. The second-order valence-electron chi connectivity index (χ2n) is 3.70. The summed E-state index contributed by atoms with van der Waals surface area (Å²) in [6.07, 6.45) is 1.17. The number of carbonyl (C=O) groups excluding carboxylic acids is 1. The normalized spacial score (nSPS) is 20.1. The summed E-state index contributed by atoms with van der Waals surface area (Å²) in [5, 5.41) is 2.77. The van der Waals surface area contributed by atoms with E-state index in [2.05, 4.69) is 9.50 Å². The highest BCUT2D eigenvalue weighted by atomic mass is 32.3.